The molecule has 2 unspecified atom stereocenters. The average Bonchev–Trinajstić information content (AvgIpc) is 2.56. The van der Waals surface area contributed by atoms with Gasteiger partial charge < -0.3 is 5.11 Å². The minimum Gasteiger partial charge on any atom is -0.509 e. The molecule has 1 heterocycles. The molecule has 0 saturated carbocycles. The molecule has 0 aliphatic carbocycles. The summed E-state index contributed by atoms with van der Waals surface area (Å²) in [4.78, 5) is 4.80. The molecule has 2 nitrogen and oxygen atoms in total. The molecule has 0 saturated heterocycles. The van der Waals surface area contributed by atoms with E-state index in [0.29, 0.717) is 0 Å². The lowest BCUT2D eigenvalue weighted by molar-refractivity contribution is 0.435. The third kappa shape index (κ3) is 4.02. The van der Waals surface area contributed by atoms with Crippen LogP contribution in [0.3, 0.4) is 0 Å². The molecule has 1 aliphatic rings. The van der Waals surface area contributed by atoms with E-state index in [1.165, 1.54) is 11.1 Å². The van der Waals surface area contributed by atoms with Gasteiger partial charge in [-0.2, -0.15) is 0 Å². The molecule has 1 aromatic rings. The van der Waals surface area contributed by atoms with E-state index < -0.39 is 0 Å². The van der Waals surface area contributed by atoms with Gasteiger partial charge in [-0.1, -0.05) is 61.2 Å². The summed E-state index contributed by atoms with van der Waals surface area (Å²) in [6, 6.07) is 6.51. The Morgan fingerprint density at radius 1 is 1.25 bits per heavy atom. The van der Waals surface area contributed by atoms with Crippen LogP contribution < -0.4 is 0 Å². The van der Waals surface area contributed by atoms with Gasteiger partial charge in [-0.3, -0.25) is 4.99 Å². The van der Waals surface area contributed by atoms with E-state index in [1.54, 1.807) is 6.08 Å². The second kappa shape index (κ2) is 7.78. The summed E-state index contributed by atoms with van der Waals surface area (Å²) in [5.74, 6) is 0.308. The fraction of sp³-hybridized carbons (Fsp3) is 0.227. The van der Waals surface area contributed by atoms with Crippen molar-refractivity contribution in [3.63, 3.8) is 0 Å². The molecule has 2 rings (SSSR count). The molecule has 0 fully saturated rings. The first kappa shape index (κ1) is 17.7. The van der Waals surface area contributed by atoms with Crippen molar-refractivity contribution in [3.05, 3.63) is 96.8 Å². The van der Waals surface area contributed by atoms with Crippen molar-refractivity contribution in [2.75, 3.05) is 0 Å². The highest BCUT2D eigenvalue weighted by Gasteiger charge is 2.28. The van der Waals surface area contributed by atoms with Crippen LogP contribution in [0, 0.1) is 6.92 Å². The van der Waals surface area contributed by atoms with Crippen molar-refractivity contribution in [1.82, 2.24) is 0 Å². The Kier molecular flexibility index (Phi) is 5.75. The first-order valence-electron chi connectivity index (χ1n) is 8.13. The van der Waals surface area contributed by atoms with E-state index in [2.05, 4.69) is 51.4 Å². The van der Waals surface area contributed by atoms with Gasteiger partial charge in [0, 0.05) is 11.5 Å². The Labute approximate surface area is 145 Å². The van der Waals surface area contributed by atoms with E-state index in [0.717, 1.165) is 29.7 Å². The number of allylic oxidation sites excluding steroid dienone is 4. The fourth-order valence-corrected chi connectivity index (χ4v) is 3.07. The predicted octanol–water partition coefficient (Wildman–Crippen LogP) is 5.59. The quantitative estimate of drug-likeness (QED) is 0.397. The maximum absolute atomic E-state index is 9.15. The van der Waals surface area contributed by atoms with Gasteiger partial charge in [0.15, 0.2) is 0 Å². The highest BCUT2D eigenvalue weighted by Crippen LogP contribution is 2.36. The van der Waals surface area contributed by atoms with Crippen molar-refractivity contribution in [2.45, 2.75) is 31.7 Å². The first-order valence-corrected chi connectivity index (χ1v) is 8.13. The number of benzene rings is 1. The van der Waals surface area contributed by atoms with Crippen molar-refractivity contribution >= 4 is 5.71 Å². The first-order chi connectivity index (χ1) is 11.5. The van der Waals surface area contributed by atoms with Gasteiger partial charge in [0.2, 0.25) is 0 Å². The second-order valence-electron chi connectivity index (χ2n) is 6.16. The molecule has 2 heteroatoms. The zero-order chi connectivity index (χ0) is 17.7. The van der Waals surface area contributed by atoms with Crippen LogP contribution in [0.15, 0.2) is 85.1 Å². The number of rotatable bonds is 7. The smallest absolute Gasteiger partial charge is 0.108 e. The Bertz CT molecular complexity index is 736. The number of hydrogen-bond donors (Lipinski definition) is 1. The van der Waals surface area contributed by atoms with Gasteiger partial charge in [-0.05, 0) is 37.5 Å². The van der Waals surface area contributed by atoms with E-state index in [1.807, 2.05) is 18.2 Å². The van der Waals surface area contributed by atoms with Gasteiger partial charge >= 0.3 is 0 Å². The predicted molar refractivity (Wildman–Crippen MR) is 104 cm³/mol. The molecule has 2 atom stereocenters. The minimum absolute atomic E-state index is 0.0388. The molecule has 1 aliphatic heterocycles. The number of aliphatic imine (C=N–C) groups is 1. The third-order valence-corrected chi connectivity index (χ3v) is 4.31. The second-order valence-corrected chi connectivity index (χ2v) is 6.16. The lowest BCUT2D eigenvalue weighted by Gasteiger charge is -2.30. The largest absolute Gasteiger partial charge is 0.509 e. The molecule has 1 N–H and O–H groups in total. The normalized spacial score (nSPS) is 19.5. The lowest BCUT2D eigenvalue weighted by Crippen LogP contribution is -2.24. The van der Waals surface area contributed by atoms with Crippen molar-refractivity contribution in [3.8, 4) is 0 Å². The van der Waals surface area contributed by atoms with Gasteiger partial charge in [0.25, 0.3) is 0 Å². The maximum atomic E-state index is 9.15. The summed E-state index contributed by atoms with van der Waals surface area (Å²) in [5, 5.41) is 9.15. The van der Waals surface area contributed by atoms with Gasteiger partial charge in [0.1, 0.15) is 5.76 Å². The molecular formula is C22H25NO. The summed E-state index contributed by atoms with van der Waals surface area (Å²) in [6.07, 6.45) is 8.85. The van der Waals surface area contributed by atoms with Crippen LogP contribution in [-0.4, -0.2) is 16.9 Å². The Morgan fingerprint density at radius 3 is 2.62 bits per heavy atom. The number of nitrogens with zero attached hydrogens (tertiary/aromatic N) is 1. The molecule has 24 heavy (non-hydrogen) atoms. The number of aryl methyl sites for hydroxylation is 1. The zero-order valence-electron chi connectivity index (χ0n) is 14.3. The molecule has 0 spiro atoms. The lowest BCUT2D eigenvalue weighted by atomic mass is 9.80. The van der Waals surface area contributed by atoms with E-state index >= 15 is 0 Å². The van der Waals surface area contributed by atoms with E-state index in [-0.39, 0.29) is 17.7 Å². The molecule has 1 aromatic carbocycles. The van der Waals surface area contributed by atoms with Crippen LogP contribution in [0.2, 0.25) is 0 Å². The highest BCUT2D eigenvalue weighted by atomic mass is 16.3. The van der Waals surface area contributed by atoms with Crippen molar-refractivity contribution in [1.29, 1.82) is 0 Å². The topological polar surface area (TPSA) is 32.6 Å². The van der Waals surface area contributed by atoms with Gasteiger partial charge in [-0.15, -0.1) is 6.58 Å². The van der Waals surface area contributed by atoms with Crippen LogP contribution in [-0.2, 0) is 0 Å². The van der Waals surface area contributed by atoms with Crippen molar-refractivity contribution < 1.29 is 5.11 Å². The number of fused-ring (bicyclic) bond motifs is 1. The zero-order valence-corrected chi connectivity index (χ0v) is 14.3. The van der Waals surface area contributed by atoms with Crippen molar-refractivity contribution in [2.24, 2.45) is 4.99 Å². The summed E-state index contributed by atoms with van der Waals surface area (Å²) in [6.45, 7) is 17.5. The summed E-state index contributed by atoms with van der Waals surface area (Å²) in [7, 11) is 0. The molecule has 124 valence electrons. The standard InChI is InChI=1S/C22H25NO/c1-6-21-18(12-9-15(3)8-11-17(5)24)20-14-16(4)10-13-19(20)22(7-2)23-21/h6-8,10-11,13-14,18,21,24H,1-3,5,9,12H2,4H3/b11-8-. The summed E-state index contributed by atoms with van der Waals surface area (Å²) >= 11 is 0. The van der Waals surface area contributed by atoms with Crippen LogP contribution in [0.4, 0.5) is 0 Å². The number of hydrogen-bond acceptors (Lipinski definition) is 2. The summed E-state index contributed by atoms with van der Waals surface area (Å²) in [5.41, 5.74) is 5.58. The molecular weight excluding hydrogens is 294 g/mol. The Morgan fingerprint density at radius 2 is 2.00 bits per heavy atom. The minimum atomic E-state index is 0.0388. The van der Waals surface area contributed by atoms with Crippen LogP contribution in [0.1, 0.15) is 35.4 Å². The number of aliphatic hydroxyl groups is 1. The van der Waals surface area contributed by atoms with Crippen LogP contribution in [0.25, 0.3) is 0 Å². The SMILES string of the molecule is C=CC1=NC(C=C)C(CCC(=C)/C=C\C(=C)O)c2cc(C)ccc21. The number of aliphatic hydroxyl groups excluding tert-OH is 1. The fourth-order valence-electron chi connectivity index (χ4n) is 3.07. The molecule has 0 bridgehead atoms. The molecule has 0 amide bonds. The molecule has 0 radical (unpaired) electrons. The summed E-state index contributed by atoms with van der Waals surface area (Å²) < 4.78 is 0. The van der Waals surface area contributed by atoms with Crippen LogP contribution >= 0.6 is 0 Å². The van der Waals surface area contributed by atoms with E-state index in [4.69, 9.17) is 10.1 Å². The average molecular weight is 319 g/mol. The monoisotopic (exact) mass is 319 g/mol. The third-order valence-electron chi connectivity index (χ3n) is 4.31. The Hall–Kier alpha value is -2.61. The molecule has 0 aromatic heterocycles. The maximum Gasteiger partial charge on any atom is 0.108 e. The Balaban J connectivity index is 2.28. The van der Waals surface area contributed by atoms with E-state index in [9.17, 15) is 0 Å². The van der Waals surface area contributed by atoms with Gasteiger partial charge in [0.05, 0.1) is 11.8 Å². The van der Waals surface area contributed by atoms with Crippen LogP contribution in [0.5, 0.6) is 0 Å². The van der Waals surface area contributed by atoms with Gasteiger partial charge in [-0.25, -0.2) is 0 Å². The highest BCUT2D eigenvalue weighted by molar-refractivity contribution is 6.10.